The van der Waals surface area contributed by atoms with Crippen molar-refractivity contribution in [1.82, 2.24) is 14.9 Å². The SMILES string of the molecule is Cn1ccnc1C(=O)c1ccc(NCC(=O)NCc2ccccc2)c([N+](=O)[O-])c1. The molecular weight excluding hydrogens is 374 g/mol. The molecule has 0 saturated heterocycles. The lowest BCUT2D eigenvalue weighted by Crippen LogP contribution is -2.29. The summed E-state index contributed by atoms with van der Waals surface area (Å²) in [5, 5.41) is 16.9. The first-order valence-electron chi connectivity index (χ1n) is 8.80. The van der Waals surface area contributed by atoms with Crippen molar-refractivity contribution < 1.29 is 14.5 Å². The zero-order chi connectivity index (χ0) is 20.8. The summed E-state index contributed by atoms with van der Waals surface area (Å²) in [4.78, 5) is 39.3. The van der Waals surface area contributed by atoms with Crippen LogP contribution in [0.3, 0.4) is 0 Å². The minimum absolute atomic E-state index is 0.139. The van der Waals surface area contributed by atoms with Crippen LogP contribution in [0.4, 0.5) is 11.4 Å². The second kappa shape index (κ2) is 8.79. The monoisotopic (exact) mass is 393 g/mol. The predicted molar refractivity (Wildman–Crippen MR) is 107 cm³/mol. The van der Waals surface area contributed by atoms with Gasteiger partial charge >= 0.3 is 0 Å². The number of carbonyl (C=O) groups is 2. The van der Waals surface area contributed by atoms with Crippen LogP contribution in [0.5, 0.6) is 0 Å². The smallest absolute Gasteiger partial charge is 0.293 e. The standard InChI is InChI=1S/C20H19N5O4/c1-24-10-9-21-20(24)19(27)15-7-8-16(17(11-15)25(28)29)22-13-18(26)23-12-14-5-3-2-4-6-14/h2-11,22H,12-13H2,1H3,(H,23,26). The molecular formula is C20H19N5O4. The van der Waals surface area contributed by atoms with Crippen molar-refractivity contribution >= 4 is 23.1 Å². The highest BCUT2D eigenvalue weighted by Gasteiger charge is 2.20. The predicted octanol–water partition coefficient (Wildman–Crippen LogP) is 2.29. The molecule has 0 saturated carbocycles. The number of ketones is 1. The third-order valence-electron chi connectivity index (χ3n) is 4.25. The maximum Gasteiger partial charge on any atom is 0.293 e. The molecule has 0 radical (unpaired) electrons. The number of aryl methyl sites for hydroxylation is 1. The molecule has 2 N–H and O–H groups in total. The molecule has 0 aliphatic heterocycles. The first-order chi connectivity index (χ1) is 14.0. The highest BCUT2D eigenvalue weighted by atomic mass is 16.6. The first kappa shape index (κ1) is 19.7. The molecule has 3 rings (SSSR count). The summed E-state index contributed by atoms with van der Waals surface area (Å²) in [6.07, 6.45) is 3.09. The van der Waals surface area contributed by atoms with Gasteiger partial charge in [-0.1, -0.05) is 30.3 Å². The van der Waals surface area contributed by atoms with Gasteiger partial charge in [-0.25, -0.2) is 4.98 Å². The Hall–Kier alpha value is -4.01. The summed E-state index contributed by atoms with van der Waals surface area (Å²) in [6.45, 7) is 0.223. The van der Waals surface area contributed by atoms with Gasteiger partial charge in [0, 0.05) is 37.6 Å². The fraction of sp³-hybridized carbons (Fsp3) is 0.150. The van der Waals surface area contributed by atoms with Crippen molar-refractivity contribution in [3.8, 4) is 0 Å². The van der Waals surface area contributed by atoms with Crippen LogP contribution >= 0.6 is 0 Å². The molecule has 1 aromatic heterocycles. The second-order valence-electron chi connectivity index (χ2n) is 6.30. The number of hydrogen-bond donors (Lipinski definition) is 2. The van der Waals surface area contributed by atoms with E-state index in [1.165, 1.54) is 29.0 Å². The van der Waals surface area contributed by atoms with Crippen molar-refractivity contribution in [2.45, 2.75) is 6.54 Å². The summed E-state index contributed by atoms with van der Waals surface area (Å²) < 4.78 is 1.54. The summed E-state index contributed by atoms with van der Waals surface area (Å²) in [5.41, 5.74) is 0.955. The van der Waals surface area contributed by atoms with Crippen LogP contribution < -0.4 is 10.6 Å². The van der Waals surface area contributed by atoms with Gasteiger partial charge in [-0.05, 0) is 17.7 Å². The Kier molecular flexibility index (Phi) is 5.98. The highest BCUT2D eigenvalue weighted by molar-refractivity contribution is 6.07. The van der Waals surface area contributed by atoms with Gasteiger partial charge in [0.05, 0.1) is 11.5 Å². The molecule has 0 unspecified atom stereocenters. The molecule has 0 fully saturated rings. The van der Waals surface area contributed by atoms with Crippen LogP contribution in [0.2, 0.25) is 0 Å². The molecule has 29 heavy (non-hydrogen) atoms. The van der Waals surface area contributed by atoms with E-state index in [-0.39, 0.29) is 35.2 Å². The molecule has 0 aliphatic rings. The maximum atomic E-state index is 12.5. The number of carbonyl (C=O) groups excluding carboxylic acids is 2. The van der Waals surface area contributed by atoms with Gasteiger partial charge in [0.1, 0.15) is 5.69 Å². The van der Waals surface area contributed by atoms with Crippen LogP contribution in [-0.4, -0.2) is 32.7 Å². The molecule has 1 amide bonds. The zero-order valence-corrected chi connectivity index (χ0v) is 15.7. The Bertz CT molecular complexity index is 1050. The average Bonchev–Trinajstić information content (AvgIpc) is 3.16. The Morgan fingerprint density at radius 2 is 1.93 bits per heavy atom. The van der Waals surface area contributed by atoms with Crippen LogP contribution in [-0.2, 0) is 18.4 Å². The average molecular weight is 393 g/mol. The lowest BCUT2D eigenvalue weighted by atomic mass is 10.1. The number of hydrogen-bond acceptors (Lipinski definition) is 6. The van der Waals surface area contributed by atoms with Crippen LogP contribution in [0.1, 0.15) is 21.7 Å². The van der Waals surface area contributed by atoms with Gasteiger partial charge in [-0.15, -0.1) is 0 Å². The fourth-order valence-electron chi connectivity index (χ4n) is 2.72. The van der Waals surface area contributed by atoms with E-state index in [1.807, 2.05) is 30.3 Å². The molecule has 0 bridgehead atoms. The van der Waals surface area contributed by atoms with Crippen LogP contribution in [0.25, 0.3) is 0 Å². The number of rotatable bonds is 8. The van der Waals surface area contributed by atoms with E-state index in [2.05, 4.69) is 15.6 Å². The Morgan fingerprint density at radius 1 is 1.17 bits per heavy atom. The minimum Gasteiger partial charge on any atom is -0.371 e. The maximum absolute atomic E-state index is 12.5. The van der Waals surface area contributed by atoms with Crippen molar-refractivity contribution in [2.24, 2.45) is 7.05 Å². The Balaban J connectivity index is 1.67. The van der Waals surface area contributed by atoms with Gasteiger partial charge in [-0.2, -0.15) is 0 Å². The lowest BCUT2D eigenvalue weighted by molar-refractivity contribution is -0.384. The summed E-state index contributed by atoms with van der Waals surface area (Å²) >= 11 is 0. The largest absolute Gasteiger partial charge is 0.371 e. The summed E-state index contributed by atoms with van der Waals surface area (Å²) in [5.74, 6) is -0.552. The van der Waals surface area contributed by atoms with E-state index in [0.717, 1.165) is 5.56 Å². The van der Waals surface area contributed by atoms with Crippen LogP contribution in [0, 0.1) is 10.1 Å². The molecule has 2 aromatic carbocycles. The van der Waals surface area contributed by atoms with Gasteiger partial charge < -0.3 is 15.2 Å². The van der Waals surface area contributed by atoms with Gasteiger partial charge in [0.25, 0.3) is 5.69 Å². The second-order valence-corrected chi connectivity index (χ2v) is 6.30. The molecule has 9 heteroatoms. The molecule has 0 atom stereocenters. The first-order valence-corrected chi connectivity index (χ1v) is 8.80. The van der Waals surface area contributed by atoms with Crippen molar-refractivity contribution in [1.29, 1.82) is 0 Å². The molecule has 1 heterocycles. The quantitative estimate of drug-likeness (QED) is 0.344. The Morgan fingerprint density at radius 3 is 2.59 bits per heavy atom. The normalized spacial score (nSPS) is 10.4. The zero-order valence-electron chi connectivity index (χ0n) is 15.7. The van der Waals surface area contributed by atoms with Crippen molar-refractivity contribution in [2.75, 3.05) is 11.9 Å². The molecule has 0 aliphatic carbocycles. The third kappa shape index (κ3) is 4.83. The number of nitrogens with zero attached hydrogens (tertiary/aromatic N) is 3. The minimum atomic E-state index is -0.598. The molecule has 9 nitrogen and oxygen atoms in total. The molecule has 148 valence electrons. The van der Waals surface area contributed by atoms with E-state index >= 15 is 0 Å². The van der Waals surface area contributed by atoms with Crippen molar-refractivity contribution in [3.05, 3.63) is 88.0 Å². The van der Waals surface area contributed by atoms with E-state index in [1.54, 1.807) is 13.2 Å². The fourth-order valence-corrected chi connectivity index (χ4v) is 2.72. The van der Waals surface area contributed by atoms with E-state index in [4.69, 9.17) is 0 Å². The van der Waals surface area contributed by atoms with E-state index in [0.29, 0.717) is 6.54 Å². The summed E-state index contributed by atoms with van der Waals surface area (Å²) in [6, 6.07) is 13.5. The Labute approximate surface area is 166 Å². The molecule has 3 aromatic rings. The number of nitrogens with one attached hydrogen (secondary N) is 2. The van der Waals surface area contributed by atoms with E-state index in [9.17, 15) is 19.7 Å². The number of amides is 1. The lowest BCUT2D eigenvalue weighted by Gasteiger charge is -2.09. The number of benzene rings is 2. The number of imidazole rings is 1. The number of nitro benzene ring substituents is 1. The van der Waals surface area contributed by atoms with Gasteiger partial charge in [0.15, 0.2) is 5.82 Å². The van der Waals surface area contributed by atoms with Gasteiger partial charge in [0.2, 0.25) is 11.7 Å². The van der Waals surface area contributed by atoms with E-state index < -0.39 is 10.7 Å². The highest BCUT2D eigenvalue weighted by Crippen LogP contribution is 2.26. The summed E-state index contributed by atoms with van der Waals surface area (Å²) in [7, 11) is 1.67. The van der Waals surface area contributed by atoms with Gasteiger partial charge in [-0.3, -0.25) is 19.7 Å². The van der Waals surface area contributed by atoms with Crippen LogP contribution in [0.15, 0.2) is 60.9 Å². The molecule has 0 spiro atoms. The van der Waals surface area contributed by atoms with Crippen molar-refractivity contribution in [3.63, 3.8) is 0 Å². The topological polar surface area (TPSA) is 119 Å². The number of nitro groups is 1. The number of anilines is 1. The number of aromatic nitrogens is 2. The third-order valence-corrected chi connectivity index (χ3v) is 4.25.